The fraction of sp³-hybridized carbons (Fsp3) is 0.304. The maximum atomic E-state index is 14.7. The maximum absolute atomic E-state index is 14.7. The highest BCUT2D eigenvalue weighted by Crippen LogP contribution is 2.36. The molecule has 0 spiro atoms. The molecule has 2 heterocycles. The first kappa shape index (κ1) is 23.6. The third kappa shape index (κ3) is 4.56. The lowest BCUT2D eigenvalue weighted by atomic mass is 10.1. The standard InChI is InChI=1S/C23H22F2N2O6S/c1-29-14-5-4-13(17(9-14)30-2)10-26-22-18(23(28)31-3)21(27-34-22)33-11-15-16(24)8-12-6-7-32-20(12)19(15)25/h4-5,8-9,26H,6-7,10-11H2,1-3H3. The number of aromatic nitrogens is 1. The number of nitrogens with one attached hydrogen (secondary N) is 1. The minimum Gasteiger partial charge on any atom is -0.497 e. The maximum Gasteiger partial charge on any atom is 0.346 e. The second kappa shape index (κ2) is 10.1. The second-order valence-corrected chi connectivity index (χ2v) is 8.01. The number of ether oxygens (including phenoxy) is 5. The van der Waals surface area contributed by atoms with Crippen LogP contribution in [0, 0.1) is 11.6 Å². The van der Waals surface area contributed by atoms with E-state index in [-0.39, 0.29) is 22.8 Å². The number of esters is 1. The summed E-state index contributed by atoms with van der Waals surface area (Å²) in [5, 5.41) is 3.49. The summed E-state index contributed by atoms with van der Waals surface area (Å²) in [4.78, 5) is 12.4. The van der Waals surface area contributed by atoms with Crippen molar-refractivity contribution >= 4 is 22.5 Å². The first-order chi connectivity index (χ1) is 16.5. The number of anilines is 1. The van der Waals surface area contributed by atoms with Crippen molar-refractivity contribution in [2.24, 2.45) is 0 Å². The van der Waals surface area contributed by atoms with Crippen molar-refractivity contribution in [2.75, 3.05) is 33.3 Å². The van der Waals surface area contributed by atoms with Crippen LogP contribution in [0.1, 0.15) is 27.0 Å². The third-order valence-corrected chi connectivity index (χ3v) is 6.09. The summed E-state index contributed by atoms with van der Waals surface area (Å²) in [5.41, 5.74) is 1.00. The molecule has 0 amide bonds. The molecule has 0 aliphatic carbocycles. The molecule has 0 atom stereocenters. The summed E-state index contributed by atoms with van der Waals surface area (Å²) in [7, 11) is 4.32. The average molecular weight is 493 g/mol. The Labute approximate surface area is 198 Å². The van der Waals surface area contributed by atoms with Crippen LogP contribution in [0.2, 0.25) is 0 Å². The van der Waals surface area contributed by atoms with E-state index < -0.39 is 24.2 Å². The zero-order valence-corrected chi connectivity index (χ0v) is 19.5. The molecular formula is C23H22F2N2O6S. The first-order valence-corrected chi connectivity index (χ1v) is 11.0. The van der Waals surface area contributed by atoms with E-state index in [9.17, 15) is 13.6 Å². The largest absolute Gasteiger partial charge is 0.497 e. The van der Waals surface area contributed by atoms with Crippen LogP contribution in [-0.4, -0.2) is 38.3 Å². The van der Waals surface area contributed by atoms with Crippen molar-refractivity contribution in [1.29, 1.82) is 0 Å². The number of nitrogens with zero attached hydrogens (tertiary/aromatic N) is 1. The Kier molecular flexibility index (Phi) is 7.01. The van der Waals surface area contributed by atoms with Gasteiger partial charge >= 0.3 is 5.97 Å². The molecule has 0 saturated carbocycles. The molecule has 1 aliphatic heterocycles. The number of carbonyl (C=O) groups excluding carboxylic acids is 1. The topological polar surface area (TPSA) is 88.1 Å². The highest BCUT2D eigenvalue weighted by molar-refractivity contribution is 7.10. The van der Waals surface area contributed by atoms with Gasteiger partial charge < -0.3 is 29.0 Å². The molecule has 4 rings (SSSR count). The number of halogens is 2. The van der Waals surface area contributed by atoms with Crippen LogP contribution in [-0.2, 0) is 24.3 Å². The molecule has 1 aliphatic rings. The van der Waals surface area contributed by atoms with E-state index >= 15 is 0 Å². The van der Waals surface area contributed by atoms with Gasteiger partial charge in [0.15, 0.2) is 17.1 Å². The van der Waals surface area contributed by atoms with Crippen molar-refractivity contribution in [2.45, 2.75) is 19.6 Å². The van der Waals surface area contributed by atoms with Crippen molar-refractivity contribution < 1.29 is 37.3 Å². The second-order valence-electron chi connectivity index (χ2n) is 7.24. The number of hydrogen-bond donors (Lipinski definition) is 1. The van der Waals surface area contributed by atoms with E-state index in [2.05, 4.69) is 9.69 Å². The minimum atomic E-state index is -0.813. The van der Waals surface area contributed by atoms with Crippen LogP contribution in [0.3, 0.4) is 0 Å². The molecule has 11 heteroatoms. The molecule has 8 nitrogen and oxygen atoms in total. The summed E-state index contributed by atoms with van der Waals surface area (Å²) in [6.45, 7) is 0.112. The Bertz CT molecular complexity index is 1220. The Balaban J connectivity index is 1.54. The Morgan fingerprint density at radius 3 is 2.76 bits per heavy atom. The smallest absolute Gasteiger partial charge is 0.346 e. The first-order valence-electron chi connectivity index (χ1n) is 10.2. The summed E-state index contributed by atoms with van der Waals surface area (Å²) < 4.78 is 59.6. The molecule has 1 N–H and O–H groups in total. The lowest BCUT2D eigenvalue weighted by Gasteiger charge is -2.12. The Morgan fingerprint density at radius 1 is 1.21 bits per heavy atom. The Morgan fingerprint density at radius 2 is 2.03 bits per heavy atom. The van der Waals surface area contributed by atoms with Crippen molar-refractivity contribution in [3.63, 3.8) is 0 Å². The summed E-state index contributed by atoms with van der Waals surface area (Å²) in [6.07, 6.45) is 0.441. The van der Waals surface area contributed by atoms with Gasteiger partial charge in [0.05, 0.1) is 33.5 Å². The minimum absolute atomic E-state index is 0.0261. The Hall–Kier alpha value is -3.60. The predicted octanol–water partition coefficient (Wildman–Crippen LogP) is 4.35. The third-order valence-electron chi connectivity index (χ3n) is 5.30. The van der Waals surface area contributed by atoms with Gasteiger partial charge in [-0.1, -0.05) is 0 Å². The molecule has 0 bridgehead atoms. The molecule has 0 radical (unpaired) electrons. The van der Waals surface area contributed by atoms with Crippen LogP contribution in [0.15, 0.2) is 24.3 Å². The monoisotopic (exact) mass is 492 g/mol. The lowest BCUT2D eigenvalue weighted by Crippen LogP contribution is -2.10. The molecule has 3 aromatic rings. The van der Waals surface area contributed by atoms with Crippen molar-refractivity contribution in [3.8, 4) is 23.1 Å². The van der Waals surface area contributed by atoms with Gasteiger partial charge in [0, 0.05) is 30.2 Å². The number of rotatable bonds is 9. The molecule has 2 aromatic carbocycles. The van der Waals surface area contributed by atoms with Gasteiger partial charge in [-0.15, -0.1) is 0 Å². The fourth-order valence-electron chi connectivity index (χ4n) is 3.52. The lowest BCUT2D eigenvalue weighted by molar-refractivity contribution is 0.0596. The molecule has 0 fully saturated rings. The number of benzene rings is 2. The van der Waals surface area contributed by atoms with Gasteiger partial charge in [0.2, 0.25) is 5.88 Å². The van der Waals surface area contributed by atoms with Gasteiger partial charge in [0.1, 0.15) is 28.9 Å². The summed E-state index contributed by atoms with van der Waals surface area (Å²) >= 11 is 0.959. The van der Waals surface area contributed by atoms with Crippen molar-refractivity contribution in [1.82, 2.24) is 4.37 Å². The van der Waals surface area contributed by atoms with E-state index in [0.717, 1.165) is 17.1 Å². The number of methoxy groups -OCH3 is 3. The van der Waals surface area contributed by atoms with E-state index in [0.29, 0.717) is 41.6 Å². The predicted molar refractivity (Wildman–Crippen MR) is 120 cm³/mol. The summed E-state index contributed by atoms with van der Waals surface area (Å²) in [6, 6.07) is 6.58. The normalized spacial score (nSPS) is 12.0. The molecule has 1 aromatic heterocycles. The van der Waals surface area contributed by atoms with Crippen molar-refractivity contribution in [3.05, 3.63) is 58.2 Å². The molecule has 0 saturated heterocycles. The van der Waals surface area contributed by atoms with E-state index in [1.165, 1.54) is 13.2 Å². The van der Waals surface area contributed by atoms with E-state index in [1.807, 2.05) is 6.07 Å². The van der Waals surface area contributed by atoms with Gasteiger partial charge in [-0.25, -0.2) is 13.6 Å². The van der Waals surface area contributed by atoms with Crippen LogP contribution in [0.25, 0.3) is 0 Å². The molecular weight excluding hydrogens is 470 g/mol. The highest BCUT2D eigenvalue weighted by Gasteiger charge is 2.27. The number of fused-ring (bicyclic) bond motifs is 1. The zero-order valence-electron chi connectivity index (χ0n) is 18.7. The van der Waals surface area contributed by atoms with Crippen LogP contribution in [0.5, 0.6) is 23.1 Å². The molecule has 0 unspecified atom stereocenters. The number of hydrogen-bond acceptors (Lipinski definition) is 9. The average Bonchev–Trinajstić information content (AvgIpc) is 3.49. The quantitative estimate of drug-likeness (QED) is 0.441. The summed E-state index contributed by atoms with van der Waals surface area (Å²) in [5.74, 6) is -1.10. The highest BCUT2D eigenvalue weighted by atomic mass is 32.1. The fourth-order valence-corrected chi connectivity index (χ4v) is 4.23. The van der Waals surface area contributed by atoms with Crippen LogP contribution in [0.4, 0.5) is 13.8 Å². The van der Waals surface area contributed by atoms with Gasteiger partial charge in [-0.2, -0.15) is 4.37 Å². The SMILES string of the molecule is COC(=O)c1c(OCc2c(F)cc3c(c2F)OCC3)nsc1NCc1ccc(OC)cc1OC. The zero-order chi connectivity index (χ0) is 24.2. The molecule has 180 valence electrons. The number of carbonyl (C=O) groups is 1. The van der Waals surface area contributed by atoms with Crippen LogP contribution < -0.4 is 24.3 Å². The van der Waals surface area contributed by atoms with Gasteiger partial charge in [0.25, 0.3) is 0 Å². The van der Waals surface area contributed by atoms with Crippen LogP contribution >= 0.6 is 11.5 Å². The van der Waals surface area contributed by atoms with Gasteiger partial charge in [-0.05, 0) is 29.7 Å². The molecule has 34 heavy (non-hydrogen) atoms. The van der Waals surface area contributed by atoms with E-state index in [4.69, 9.17) is 23.7 Å². The van der Waals surface area contributed by atoms with E-state index in [1.54, 1.807) is 26.4 Å². The van der Waals surface area contributed by atoms with Gasteiger partial charge in [-0.3, -0.25) is 0 Å².